The lowest BCUT2D eigenvalue weighted by Gasteiger charge is -2.20. The van der Waals surface area contributed by atoms with E-state index in [1.807, 2.05) is 0 Å². The van der Waals surface area contributed by atoms with Crippen molar-refractivity contribution in [1.82, 2.24) is 0 Å². The molecule has 0 aromatic heterocycles. The van der Waals surface area contributed by atoms with Crippen LogP contribution in [-0.2, 0) is 9.53 Å². The second-order valence-corrected chi connectivity index (χ2v) is 4.44. The largest absolute Gasteiger partial charge is 0.468 e. The summed E-state index contributed by atoms with van der Waals surface area (Å²) in [5.41, 5.74) is 0. The Morgan fingerprint density at radius 3 is 2.69 bits per heavy atom. The van der Waals surface area contributed by atoms with Gasteiger partial charge in [-0.1, -0.05) is 0 Å². The van der Waals surface area contributed by atoms with Crippen molar-refractivity contribution < 1.29 is 27.9 Å². The lowest BCUT2D eigenvalue weighted by molar-refractivity contribution is -0.174. The molecule has 1 heterocycles. The lowest BCUT2D eigenvalue weighted by atomic mass is 9.91. The second-order valence-electron chi connectivity index (χ2n) is 3.27. The summed E-state index contributed by atoms with van der Waals surface area (Å²) in [6, 6.07) is 0. The first-order valence-corrected chi connectivity index (χ1v) is 5.40. The fourth-order valence-corrected chi connectivity index (χ4v) is 3.09. The summed E-state index contributed by atoms with van der Waals surface area (Å²) in [6.07, 6.45) is -3.67. The molecule has 3 unspecified atom stereocenters. The van der Waals surface area contributed by atoms with Crippen LogP contribution in [0.3, 0.4) is 0 Å². The van der Waals surface area contributed by atoms with E-state index in [0.717, 1.165) is 25.1 Å². The maximum absolute atomic E-state index is 12.6. The first kappa shape index (κ1) is 13.1. The molecule has 0 bridgehead atoms. The third kappa shape index (κ3) is 2.60. The summed E-state index contributed by atoms with van der Waals surface area (Å²) in [5.74, 6) is -3.83. The van der Waals surface area contributed by atoms with Crippen LogP contribution in [0.25, 0.3) is 0 Å². The van der Waals surface area contributed by atoms with Crippen LogP contribution in [0.5, 0.6) is 0 Å². The number of oxime groups is 1. The fraction of sp³-hybridized carbons (Fsp3) is 0.750. The van der Waals surface area contributed by atoms with Crippen molar-refractivity contribution in [2.75, 3.05) is 12.9 Å². The molecular weight excluding hydrogens is 247 g/mol. The highest BCUT2D eigenvalue weighted by molar-refractivity contribution is 8.00. The smallest absolute Gasteiger partial charge is 0.393 e. The van der Waals surface area contributed by atoms with E-state index in [1.165, 1.54) is 0 Å². The Kier molecular flexibility index (Phi) is 4.06. The van der Waals surface area contributed by atoms with Crippen LogP contribution in [0.4, 0.5) is 13.2 Å². The number of carbonyl (C=O) groups is 1. The van der Waals surface area contributed by atoms with Gasteiger partial charge >= 0.3 is 12.1 Å². The number of hydrogen-bond donors (Lipinski definition) is 1. The van der Waals surface area contributed by atoms with Gasteiger partial charge in [0.1, 0.15) is 5.25 Å². The molecule has 1 saturated heterocycles. The molecular formula is C8H10F3NO3S. The maximum atomic E-state index is 12.6. The fourth-order valence-electron chi connectivity index (χ4n) is 1.55. The van der Waals surface area contributed by atoms with Gasteiger partial charge in [0.15, 0.2) is 0 Å². The highest BCUT2D eigenvalue weighted by Crippen LogP contribution is 2.45. The zero-order valence-corrected chi connectivity index (χ0v) is 9.09. The number of carbonyl (C=O) groups excluding carboxylic acids is 1. The molecule has 8 heteroatoms. The van der Waals surface area contributed by atoms with Gasteiger partial charge in [-0.15, -0.1) is 16.9 Å². The molecule has 0 aromatic rings. The van der Waals surface area contributed by atoms with E-state index in [4.69, 9.17) is 5.21 Å². The minimum atomic E-state index is -4.42. The van der Waals surface area contributed by atoms with E-state index in [1.54, 1.807) is 0 Å². The van der Waals surface area contributed by atoms with Crippen LogP contribution in [0.15, 0.2) is 5.16 Å². The summed E-state index contributed by atoms with van der Waals surface area (Å²) in [5, 5.41) is 9.96. The molecule has 0 aromatic carbocycles. The normalized spacial score (nSPS) is 30.9. The molecule has 1 aliphatic rings. The van der Waals surface area contributed by atoms with E-state index in [2.05, 4.69) is 9.89 Å². The summed E-state index contributed by atoms with van der Waals surface area (Å²) < 4.78 is 42.1. The number of halogens is 3. The number of methoxy groups -OCH3 is 1. The summed E-state index contributed by atoms with van der Waals surface area (Å²) in [4.78, 5) is 11.2. The first-order valence-electron chi connectivity index (χ1n) is 4.35. The van der Waals surface area contributed by atoms with Crippen LogP contribution in [0, 0.1) is 11.8 Å². The molecule has 0 spiro atoms. The van der Waals surface area contributed by atoms with Gasteiger partial charge in [0.2, 0.25) is 0 Å². The Morgan fingerprint density at radius 2 is 2.25 bits per heavy atom. The molecule has 1 fully saturated rings. The number of hydrogen-bond acceptors (Lipinski definition) is 5. The molecule has 1 rings (SSSR count). The van der Waals surface area contributed by atoms with Crippen LogP contribution in [-0.4, -0.2) is 41.7 Å². The maximum Gasteiger partial charge on any atom is 0.393 e. The molecule has 0 amide bonds. The third-order valence-corrected chi connectivity index (χ3v) is 3.78. The molecule has 4 nitrogen and oxygen atoms in total. The number of rotatable bonds is 2. The molecule has 1 N–H and O–H groups in total. The van der Waals surface area contributed by atoms with Crippen molar-refractivity contribution in [3.8, 4) is 0 Å². The standard InChI is InChI=1S/C8H10F3NO3S/c1-15-7(13)6-4(2-12-14)5(3-16-6)8(9,10)11/h2,4-6,14H,3H2,1H3/b12-2-. The monoisotopic (exact) mass is 257 g/mol. The Hall–Kier alpha value is -0.920. The van der Waals surface area contributed by atoms with E-state index in [-0.39, 0.29) is 5.75 Å². The SMILES string of the molecule is COC(=O)C1SCC(C(F)(F)F)C1/C=N\O. The van der Waals surface area contributed by atoms with Crippen LogP contribution in [0.2, 0.25) is 0 Å². The quantitative estimate of drug-likeness (QED) is 0.353. The lowest BCUT2D eigenvalue weighted by Crippen LogP contribution is -2.35. The van der Waals surface area contributed by atoms with Crippen LogP contribution in [0.1, 0.15) is 0 Å². The Labute approximate surface area is 93.8 Å². The number of thioether (sulfide) groups is 1. The van der Waals surface area contributed by atoms with E-state index in [9.17, 15) is 18.0 Å². The van der Waals surface area contributed by atoms with Gasteiger partial charge in [0.25, 0.3) is 0 Å². The number of esters is 1. The van der Waals surface area contributed by atoms with Crippen molar-refractivity contribution in [3.05, 3.63) is 0 Å². The predicted octanol–water partition coefficient (Wildman–Crippen LogP) is 1.53. The van der Waals surface area contributed by atoms with Crippen molar-refractivity contribution >= 4 is 23.9 Å². The van der Waals surface area contributed by atoms with Gasteiger partial charge in [-0.2, -0.15) is 13.2 Å². The number of nitrogens with zero attached hydrogens (tertiary/aromatic N) is 1. The Bertz CT molecular complexity index is 295. The van der Waals surface area contributed by atoms with Gasteiger partial charge in [-0.3, -0.25) is 4.79 Å². The highest BCUT2D eigenvalue weighted by Gasteiger charge is 2.53. The average Bonchev–Trinajstić information content (AvgIpc) is 2.60. The van der Waals surface area contributed by atoms with Crippen molar-refractivity contribution in [1.29, 1.82) is 0 Å². The molecule has 0 saturated carbocycles. The highest BCUT2D eigenvalue weighted by atomic mass is 32.2. The Balaban J connectivity index is 2.89. The third-order valence-electron chi connectivity index (χ3n) is 2.36. The van der Waals surface area contributed by atoms with Crippen molar-refractivity contribution in [3.63, 3.8) is 0 Å². The van der Waals surface area contributed by atoms with Gasteiger partial charge in [0, 0.05) is 17.9 Å². The summed E-state index contributed by atoms with van der Waals surface area (Å²) >= 11 is 0.861. The molecule has 16 heavy (non-hydrogen) atoms. The average molecular weight is 257 g/mol. The first-order chi connectivity index (χ1) is 7.41. The molecule has 3 atom stereocenters. The van der Waals surface area contributed by atoms with Gasteiger partial charge in [-0.25, -0.2) is 0 Å². The topological polar surface area (TPSA) is 58.9 Å². The minimum absolute atomic E-state index is 0.236. The zero-order valence-electron chi connectivity index (χ0n) is 8.27. The van der Waals surface area contributed by atoms with E-state index >= 15 is 0 Å². The van der Waals surface area contributed by atoms with Crippen LogP contribution < -0.4 is 0 Å². The summed E-state index contributed by atoms with van der Waals surface area (Å²) in [6.45, 7) is 0. The van der Waals surface area contributed by atoms with Gasteiger partial charge in [-0.05, 0) is 0 Å². The van der Waals surface area contributed by atoms with Gasteiger partial charge in [0.05, 0.1) is 13.0 Å². The van der Waals surface area contributed by atoms with E-state index in [0.29, 0.717) is 0 Å². The minimum Gasteiger partial charge on any atom is -0.468 e. The second kappa shape index (κ2) is 4.94. The summed E-state index contributed by atoms with van der Waals surface area (Å²) in [7, 11) is 1.11. The molecule has 92 valence electrons. The number of alkyl halides is 3. The molecule has 0 radical (unpaired) electrons. The van der Waals surface area contributed by atoms with Crippen molar-refractivity contribution in [2.45, 2.75) is 11.4 Å². The van der Waals surface area contributed by atoms with Crippen molar-refractivity contribution in [2.24, 2.45) is 17.0 Å². The van der Waals surface area contributed by atoms with E-state index < -0.39 is 29.2 Å². The zero-order chi connectivity index (χ0) is 12.3. The van der Waals surface area contributed by atoms with Crippen LogP contribution >= 0.6 is 11.8 Å². The molecule has 0 aliphatic carbocycles. The number of ether oxygens (including phenoxy) is 1. The molecule has 1 aliphatic heterocycles. The Morgan fingerprint density at radius 1 is 1.62 bits per heavy atom. The van der Waals surface area contributed by atoms with Gasteiger partial charge < -0.3 is 9.94 Å². The predicted molar refractivity (Wildman–Crippen MR) is 51.6 cm³/mol.